The number of fused-ring (bicyclic) bond motifs is 6. The van der Waals surface area contributed by atoms with Crippen molar-refractivity contribution >= 4 is 55.2 Å². The third kappa shape index (κ3) is 7.30. The van der Waals surface area contributed by atoms with Gasteiger partial charge in [0.05, 0.1) is 0 Å². The Labute approximate surface area is 371 Å². The Hall–Kier alpha value is -7.16. The van der Waals surface area contributed by atoms with E-state index in [0.29, 0.717) is 17.6 Å². The van der Waals surface area contributed by atoms with Crippen molar-refractivity contribution in [2.75, 3.05) is 0 Å². The topological polar surface area (TPSA) is 94.2 Å². The number of hydrogen-bond acceptors (Lipinski definition) is 7. The first-order valence-electron chi connectivity index (χ1n) is 21.8. The second-order valence-electron chi connectivity index (χ2n) is 17.0. The number of ether oxygens (including phenoxy) is 1. The van der Waals surface area contributed by atoms with Crippen LogP contribution in [0, 0.1) is 10.8 Å². The first kappa shape index (κ1) is 38.7. The number of para-hydroxylation sites is 1. The average molecular weight is 839 g/mol. The second kappa shape index (κ2) is 16.3. The van der Waals surface area contributed by atoms with Gasteiger partial charge in [-0.1, -0.05) is 165 Å². The van der Waals surface area contributed by atoms with Crippen LogP contribution in [0.5, 0.6) is 5.75 Å². The SMILES string of the molecule is CC1(/C=N/C(NC(=N)c2ccc3sc4ccccc4c3c2-c2ccc(C3=NC(c4ccccc4)=NC(c4ccccc4)N3)cc2)c2ccccc2)CCCC2c3ccccc3OC21. The number of amidine groups is 3. The number of rotatable bonds is 9. The lowest BCUT2D eigenvalue weighted by atomic mass is 9.68. The Balaban J connectivity index is 0.959. The van der Waals surface area contributed by atoms with Gasteiger partial charge in [-0.25, -0.2) is 9.98 Å². The predicted octanol–water partition coefficient (Wildman–Crippen LogP) is 12.6. The van der Waals surface area contributed by atoms with E-state index in [4.69, 9.17) is 19.7 Å². The largest absolute Gasteiger partial charge is 0.489 e. The Morgan fingerprint density at radius 2 is 1.48 bits per heavy atom. The van der Waals surface area contributed by atoms with Gasteiger partial charge in [-0.2, -0.15) is 0 Å². The molecule has 7 nitrogen and oxygen atoms in total. The van der Waals surface area contributed by atoms with E-state index in [1.807, 2.05) is 54.6 Å². The molecule has 3 heterocycles. The molecule has 63 heavy (non-hydrogen) atoms. The van der Waals surface area contributed by atoms with Gasteiger partial charge in [0.2, 0.25) is 0 Å². The van der Waals surface area contributed by atoms with Crippen molar-refractivity contribution in [1.29, 1.82) is 5.41 Å². The number of thiophene rings is 1. The third-order valence-electron chi connectivity index (χ3n) is 12.9. The first-order valence-corrected chi connectivity index (χ1v) is 22.6. The molecule has 5 atom stereocenters. The molecule has 0 radical (unpaired) electrons. The summed E-state index contributed by atoms with van der Waals surface area (Å²) in [4.78, 5) is 15.4. The molecule has 1 aromatic heterocycles. The maximum Gasteiger partial charge on any atom is 0.159 e. The third-order valence-corrected chi connectivity index (χ3v) is 14.0. The lowest BCUT2D eigenvalue weighted by molar-refractivity contribution is 0.0749. The Kier molecular flexibility index (Phi) is 10.0. The molecule has 3 aliphatic rings. The Morgan fingerprint density at radius 1 is 0.778 bits per heavy atom. The van der Waals surface area contributed by atoms with Crippen LogP contribution in [0.15, 0.2) is 191 Å². The summed E-state index contributed by atoms with van der Waals surface area (Å²) in [5, 5.41) is 19.4. The van der Waals surface area contributed by atoms with Crippen LogP contribution in [0.1, 0.15) is 77.8 Å². The van der Waals surface area contributed by atoms with E-state index < -0.39 is 6.17 Å². The Morgan fingerprint density at radius 3 is 2.29 bits per heavy atom. The van der Waals surface area contributed by atoms with E-state index in [1.165, 1.54) is 20.3 Å². The highest BCUT2D eigenvalue weighted by molar-refractivity contribution is 7.26. The van der Waals surface area contributed by atoms with Crippen LogP contribution in [0.2, 0.25) is 0 Å². The molecule has 0 spiro atoms. The second-order valence-corrected chi connectivity index (χ2v) is 18.0. The highest BCUT2D eigenvalue weighted by Gasteiger charge is 2.48. The van der Waals surface area contributed by atoms with Crippen LogP contribution in [0.4, 0.5) is 0 Å². The van der Waals surface area contributed by atoms with Crippen LogP contribution in [-0.2, 0) is 0 Å². The van der Waals surface area contributed by atoms with Crippen molar-refractivity contribution in [2.45, 2.75) is 50.5 Å². The smallest absolute Gasteiger partial charge is 0.159 e. The summed E-state index contributed by atoms with van der Waals surface area (Å²) in [6.07, 6.45) is 4.57. The minimum Gasteiger partial charge on any atom is -0.489 e. The molecule has 1 saturated carbocycles. The zero-order chi connectivity index (χ0) is 42.3. The predicted molar refractivity (Wildman–Crippen MR) is 260 cm³/mol. The van der Waals surface area contributed by atoms with Gasteiger partial charge in [-0.15, -0.1) is 11.3 Å². The van der Waals surface area contributed by atoms with Crippen molar-refractivity contribution in [3.05, 3.63) is 209 Å². The number of benzene rings is 7. The van der Waals surface area contributed by atoms with Crippen molar-refractivity contribution in [3.8, 4) is 16.9 Å². The van der Waals surface area contributed by atoms with Gasteiger partial charge in [-0.05, 0) is 53.8 Å². The lowest BCUT2D eigenvalue weighted by Gasteiger charge is -2.39. The van der Waals surface area contributed by atoms with Gasteiger partial charge < -0.3 is 15.4 Å². The van der Waals surface area contributed by atoms with Crippen molar-refractivity contribution in [2.24, 2.45) is 20.4 Å². The van der Waals surface area contributed by atoms with Gasteiger partial charge in [0.25, 0.3) is 0 Å². The molecule has 308 valence electrons. The summed E-state index contributed by atoms with van der Waals surface area (Å²) in [5.41, 5.74) is 7.84. The molecule has 8 aromatic rings. The number of nitrogens with zero attached hydrogens (tertiary/aromatic N) is 3. The van der Waals surface area contributed by atoms with Crippen LogP contribution in [-0.4, -0.2) is 29.8 Å². The summed E-state index contributed by atoms with van der Waals surface area (Å²) >= 11 is 1.78. The fourth-order valence-corrected chi connectivity index (χ4v) is 10.8. The van der Waals surface area contributed by atoms with Crippen molar-refractivity contribution in [1.82, 2.24) is 10.6 Å². The molecule has 0 saturated heterocycles. The normalized spacial score (nSPS) is 20.9. The van der Waals surface area contributed by atoms with Gasteiger partial charge in [0, 0.05) is 65.5 Å². The quantitative estimate of drug-likeness (QED) is 0.0998. The molecule has 1 aliphatic carbocycles. The molecule has 2 aliphatic heterocycles. The maximum absolute atomic E-state index is 9.88. The zero-order valence-corrected chi connectivity index (χ0v) is 35.7. The number of aliphatic imine (C=N–C) groups is 3. The maximum atomic E-state index is 9.88. The van der Waals surface area contributed by atoms with E-state index in [9.17, 15) is 5.41 Å². The highest BCUT2D eigenvalue weighted by Crippen LogP contribution is 2.52. The van der Waals surface area contributed by atoms with Crippen molar-refractivity contribution in [3.63, 3.8) is 0 Å². The van der Waals surface area contributed by atoms with E-state index >= 15 is 0 Å². The van der Waals surface area contributed by atoms with E-state index in [0.717, 1.165) is 75.2 Å². The van der Waals surface area contributed by atoms with Gasteiger partial charge >= 0.3 is 0 Å². The first-order chi connectivity index (χ1) is 31.0. The molecule has 3 N–H and O–H groups in total. The lowest BCUT2D eigenvalue weighted by Crippen LogP contribution is -2.43. The van der Waals surface area contributed by atoms with E-state index in [-0.39, 0.29) is 17.7 Å². The molecular weight excluding hydrogens is 793 g/mol. The van der Waals surface area contributed by atoms with E-state index in [1.54, 1.807) is 11.3 Å². The molecule has 11 rings (SSSR count). The highest BCUT2D eigenvalue weighted by atomic mass is 32.1. The minimum absolute atomic E-state index is 0.0170. The summed E-state index contributed by atoms with van der Waals surface area (Å²) < 4.78 is 9.06. The number of nitrogens with one attached hydrogen (secondary N) is 3. The molecule has 0 amide bonds. The van der Waals surface area contributed by atoms with Crippen molar-refractivity contribution < 1.29 is 4.74 Å². The number of hydrogen-bond donors (Lipinski definition) is 3. The van der Waals surface area contributed by atoms with Crippen LogP contribution >= 0.6 is 11.3 Å². The fraction of sp³-hybridized carbons (Fsp3) is 0.164. The summed E-state index contributed by atoms with van der Waals surface area (Å²) in [7, 11) is 0. The molecule has 1 fully saturated rings. The van der Waals surface area contributed by atoms with Crippen LogP contribution in [0.25, 0.3) is 31.3 Å². The zero-order valence-electron chi connectivity index (χ0n) is 34.9. The van der Waals surface area contributed by atoms with Gasteiger partial charge in [-0.3, -0.25) is 10.4 Å². The summed E-state index contributed by atoms with van der Waals surface area (Å²) in [6, 6.07) is 60.6. The Bertz CT molecular complexity index is 3070. The molecule has 5 unspecified atom stereocenters. The van der Waals surface area contributed by atoms with Gasteiger partial charge in [0.15, 0.2) is 5.84 Å². The average Bonchev–Trinajstić information content (AvgIpc) is 3.93. The van der Waals surface area contributed by atoms with Gasteiger partial charge in [0.1, 0.15) is 35.9 Å². The summed E-state index contributed by atoms with van der Waals surface area (Å²) in [5.74, 6) is 3.09. The molecule has 8 heteroatoms. The monoisotopic (exact) mass is 838 g/mol. The molecule has 7 aromatic carbocycles. The minimum atomic E-state index is -0.488. The molecule has 0 bridgehead atoms. The summed E-state index contributed by atoms with van der Waals surface area (Å²) in [6.45, 7) is 2.29. The molecular formula is C55H46N6OS. The van der Waals surface area contributed by atoms with Crippen LogP contribution < -0.4 is 15.4 Å². The fourth-order valence-electron chi connectivity index (χ4n) is 9.70. The van der Waals surface area contributed by atoms with E-state index in [2.05, 4.69) is 145 Å². The standard InChI is InChI=1S/C55H46N6OS/c1-55(33-15-24-41-40-22-11-13-25-44(40)62-49(41)55)34-57-51(36-16-5-2-6-17-36)58-50(56)43-31-32-46-48(42-23-12-14-26-45(42)63-46)47(43)35-27-29-39(30-28-35)54-60-52(37-18-7-3-8-19-37)59-53(61-54)38-20-9-4-10-21-38/h2-14,16-23,25-32,34,41,49,51-52H,15,24,33H2,1H3,(H2,56,58)(H,59,60,61)/b57-34+. The van der Waals surface area contributed by atoms with Crippen LogP contribution in [0.3, 0.4) is 0 Å².